The molecule has 6 heteroatoms. The van der Waals surface area contributed by atoms with Gasteiger partial charge in [-0.25, -0.2) is 0 Å². The Morgan fingerprint density at radius 2 is 1.86 bits per heavy atom. The molecule has 0 fully saturated rings. The number of fused-ring (bicyclic) bond motifs is 3. The topological polar surface area (TPSA) is 97.7 Å². The Hall–Kier alpha value is -3.41. The van der Waals surface area contributed by atoms with Crippen LogP contribution in [0.25, 0.3) is 16.8 Å². The number of rotatable bonds is 4. The summed E-state index contributed by atoms with van der Waals surface area (Å²) in [5.41, 5.74) is 0.260. The van der Waals surface area contributed by atoms with Gasteiger partial charge < -0.3 is 19.9 Å². The van der Waals surface area contributed by atoms with Crippen LogP contribution in [0.1, 0.15) is 31.4 Å². The maximum Gasteiger partial charge on any atom is 0.268 e. The molecule has 4 rings (SSSR count). The van der Waals surface area contributed by atoms with E-state index in [1.54, 1.807) is 0 Å². The fourth-order valence-electron chi connectivity index (χ4n) is 4.11. The molecule has 142 valence electrons. The molecule has 0 radical (unpaired) electrons. The van der Waals surface area contributed by atoms with E-state index in [0.29, 0.717) is 5.70 Å². The fourth-order valence-corrected chi connectivity index (χ4v) is 4.11. The van der Waals surface area contributed by atoms with Crippen LogP contribution in [0.5, 0.6) is 5.75 Å². The predicted octanol–water partition coefficient (Wildman–Crippen LogP) is 1.42. The second-order valence-electron chi connectivity index (χ2n) is 7.53. The lowest BCUT2D eigenvalue weighted by Crippen LogP contribution is -2.35. The van der Waals surface area contributed by atoms with Crippen LogP contribution in [0.2, 0.25) is 0 Å². The van der Waals surface area contributed by atoms with Gasteiger partial charge in [0, 0.05) is 35.7 Å². The molecule has 3 aromatic carbocycles. The van der Waals surface area contributed by atoms with Gasteiger partial charge in [-0.15, -0.1) is 0 Å². The average Bonchev–Trinajstić information content (AvgIpc) is 2.90. The molecule has 28 heavy (non-hydrogen) atoms. The predicted molar refractivity (Wildman–Crippen MR) is 105 cm³/mol. The molecule has 0 atom stereocenters. The molecule has 0 unspecified atom stereocenters. The summed E-state index contributed by atoms with van der Waals surface area (Å²) in [5, 5.41) is 23.0. The monoisotopic (exact) mass is 376 g/mol. The van der Waals surface area contributed by atoms with Gasteiger partial charge >= 0.3 is 0 Å². The van der Waals surface area contributed by atoms with Gasteiger partial charge in [0.1, 0.15) is 0 Å². The summed E-state index contributed by atoms with van der Waals surface area (Å²) < 4.78 is 0. The van der Waals surface area contributed by atoms with Gasteiger partial charge in [0.05, 0.1) is 5.56 Å². The molecule has 0 bridgehead atoms. The number of benzene rings is 2. The molecule has 0 aromatic heterocycles. The first kappa shape index (κ1) is 18.0. The van der Waals surface area contributed by atoms with Crippen molar-refractivity contribution in [3.8, 4) is 5.75 Å². The van der Waals surface area contributed by atoms with Crippen LogP contribution in [0.15, 0.2) is 51.7 Å². The maximum atomic E-state index is 11.9. The molecular weight excluding hydrogens is 358 g/mol. The summed E-state index contributed by atoms with van der Waals surface area (Å²) in [7, 11) is 0. The third kappa shape index (κ3) is 2.45. The molecule has 0 saturated carbocycles. The maximum absolute atomic E-state index is 11.9. The highest BCUT2D eigenvalue weighted by Crippen LogP contribution is 2.51. The molecule has 1 aliphatic rings. The van der Waals surface area contributed by atoms with Crippen molar-refractivity contribution >= 4 is 28.5 Å². The molecular formula is C22H18NO5-. The van der Waals surface area contributed by atoms with E-state index in [-0.39, 0.29) is 18.5 Å². The highest BCUT2D eigenvalue weighted by Gasteiger charge is 2.41. The van der Waals surface area contributed by atoms with E-state index in [1.807, 2.05) is 55.1 Å². The van der Waals surface area contributed by atoms with Crippen molar-refractivity contribution in [1.82, 2.24) is 0 Å². The molecule has 6 nitrogen and oxygen atoms in total. The van der Waals surface area contributed by atoms with Crippen molar-refractivity contribution in [2.45, 2.75) is 25.7 Å². The van der Waals surface area contributed by atoms with Gasteiger partial charge in [-0.05, 0) is 28.5 Å². The minimum Gasteiger partial charge on any atom is -0.550 e. The number of allylic oxidation sites excluding steroid dienone is 1. The normalized spacial score (nSPS) is 16.8. The Labute approximate surface area is 160 Å². The van der Waals surface area contributed by atoms with E-state index in [9.17, 15) is 24.6 Å². The fraction of sp³-hybridized carbons (Fsp3) is 0.227. The Balaban J connectivity index is 1.96. The molecule has 1 aliphatic heterocycles. The number of hydrogen-bond donors (Lipinski definition) is 1. The van der Waals surface area contributed by atoms with E-state index < -0.39 is 28.0 Å². The van der Waals surface area contributed by atoms with Gasteiger partial charge in [-0.1, -0.05) is 44.2 Å². The van der Waals surface area contributed by atoms with Crippen LogP contribution < -0.4 is 20.9 Å². The Bertz CT molecular complexity index is 1230. The summed E-state index contributed by atoms with van der Waals surface area (Å²) in [4.78, 5) is 36.2. The number of carboxylic acids is 1. The first-order chi connectivity index (χ1) is 13.2. The van der Waals surface area contributed by atoms with Crippen LogP contribution in [-0.4, -0.2) is 17.6 Å². The van der Waals surface area contributed by atoms with Gasteiger partial charge in [0.2, 0.25) is 5.43 Å². The number of nitrogens with zero attached hydrogens (tertiary/aromatic N) is 1. The second-order valence-corrected chi connectivity index (χ2v) is 7.53. The number of aliphatic carboxylic acids is 1. The van der Waals surface area contributed by atoms with Crippen LogP contribution in [-0.2, 0) is 10.2 Å². The third-order valence-corrected chi connectivity index (χ3v) is 5.50. The molecule has 3 aromatic rings. The average molecular weight is 376 g/mol. The van der Waals surface area contributed by atoms with Crippen molar-refractivity contribution in [2.24, 2.45) is 0 Å². The summed E-state index contributed by atoms with van der Waals surface area (Å²) in [5.74, 6) is -1.72. The quantitative estimate of drug-likeness (QED) is 0.692. The summed E-state index contributed by atoms with van der Waals surface area (Å²) in [6.45, 7) is 4.11. The standard InChI is InChI=1S/C22H19NO5/c1-22(2)16(11-14-19(26)21(28)20(14)27)23(10-9-17(24)25)15-8-7-12-5-3-4-6-13(12)18(15)22/h3-8,11,26H,9-10H2,1-2H3,(H,24,25)/p-1/b16-11-. The zero-order valence-corrected chi connectivity index (χ0v) is 15.5. The lowest BCUT2D eigenvalue weighted by Gasteiger charge is -2.27. The van der Waals surface area contributed by atoms with Crippen molar-refractivity contribution in [3.63, 3.8) is 0 Å². The highest BCUT2D eigenvalue weighted by molar-refractivity contribution is 5.96. The summed E-state index contributed by atoms with van der Waals surface area (Å²) >= 11 is 0. The lowest BCUT2D eigenvalue weighted by atomic mass is 9.80. The van der Waals surface area contributed by atoms with Crippen LogP contribution in [0.4, 0.5) is 5.69 Å². The first-order valence-corrected chi connectivity index (χ1v) is 8.97. The van der Waals surface area contributed by atoms with Gasteiger partial charge in [-0.3, -0.25) is 9.59 Å². The van der Waals surface area contributed by atoms with Gasteiger partial charge in [0.25, 0.3) is 5.43 Å². The molecule has 0 aliphatic carbocycles. The molecule has 0 spiro atoms. The zero-order valence-electron chi connectivity index (χ0n) is 15.5. The molecule has 0 amide bonds. The smallest absolute Gasteiger partial charge is 0.268 e. The zero-order chi connectivity index (χ0) is 20.2. The van der Waals surface area contributed by atoms with Gasteiger partial charge in [-0.2, -0.15) is 0 Å². The van der Waals surface area contributed by atoms with E-state index in [2.05, 4.69) is 0 Å². The van der Waals surface area contributed by atoms with Crippen molar-refractivity contribution in [3.05, 3.63) is 73.7 Å². The Morgan fingerprint density at radius 3 is 2.54 bits per heavy atom. The Morgan fingerprint density at radius 1 is 1.14 bits per heavy atom. The van der Waals surface area contributed by atoms with Crippen molar-refractivity contribution in [1.29, 1.82) is 0 Å². The van der Waals surface area contributed by atoms with E-state index >= 15 is 0 Å². The lowest BCUT2D eigenvalue weighted by molar-refractivity contribution is -0.305. The largest absolute Gasteiger partial charge is 0.550 e. The van der Waals surface area contributed by atoms with E-state index in [1.165, 1.54) is 6.08 Å². The van der Waals surface area contributed by atoms with E-state index in [4.69, 9.17) is 0 Å². The molecule has 0 saturated heterocycles. The summed E-state index contributed by atoms with van der Waals surface area (Å²) in [6.07, 6.45) is 1.31. The summed E-state index contributed by atoms with van der Waals surface area (Å²) in [6, 6.07) is 11.8. The van der Waals surface area contributed by atoms with Crippen molar-refractivity contribution in [2.75, 3.05) is 11.4 Å². The molecule has 1 heterocycles. The number of carbonyl (C=O) groups is 1. The highest BCUT2D eigenvalue weighted by atomic mass is 16.4. The van der Waals surface area contributed by atoms with Gasteiger partial charge in [0.15, 0.2) is 5.75 Å². The minimum atomic E-state index is -1.18. The number of carbonyl (C=O) groups excluding carboxylic acids is 1. The van der Waals surface area contributed by atoms with E-state index in [0.717, 1.165) is 22.0 Å². The minimum absolute atomic E-state index is 0.0383. The number of carboxylic acid groups (broad SMARTS) is 1. The number of aromatic hydroxyl groups is 1. The van der Waals surface area contributed by atoms with Crippen LogP contribution >= 0.6 is 0 Å². The van der Waals surface area contributed by atoms with Crippen LogP contribution in [0, 0.1) is 0 Å². The Kier molecular flexibility index (Phi) is 3.89. The third-order valence-electron chi connectivity index (χ3n) is 5.50. The first-order valence-electron chi connectivity index (χ1n) is 8.97. The molecule has 1 N–H and O–H groups in total. The number of anilines is 1. The second kappa shape index (κ2) is 6.05. The SMILES string of the molecule is CC1(C)/C(=C/c2c(O)c(=O)c2=O)N(CCC(=O)[O-])c2ccc3ccccc3c21. The van der Waals surface area contributed by atoms with Crippen molar-refractivity contribution < 1.29 is 15.0 Å². The van der Waals surface area contributed by atoms with Crippen LogP contribution in [0.3, 0.4) is 0 Å². The number of hydrogen-bond acceptors (Lipinski definition) is 6.